The van der Waals surface area contributed by atoms with E-state index in [4.69, 9.17) is 30.6 Å². The first-order chi connectivity index (χ1) is 47.4. The van der Waals surface area contributed by atoms with Crippen molar-refractivity contribution in [1.82, 2.24) is 66.4 Å². The van der Waals surface area contributed by atoms with Crippen LogP contribution in [-0.2, 0) is 19.6 Å². The van der Waals surface area contributed by atoms with Crippen LogP contribution >= 0.6 is 31.8 Å². The average molecular weight is 1420 g/mol. The summed E-state index contributed by atoms with van der Waals surface area (Å²) < 4.78 is 79.4. The Morgan fingerprint density at radius 3 is 1.10 bits per heavy atom. The van der Waals surface area contributed by atoms with Crippen LogP contribution in [0.15, 0.2) is 205 Å². The molecular formula is C71H98N16O9S3. The highest BCUT2D eigenvalue weighted by Gasteiger charge is 2.25. The average Bonchev–Trinajstić information content (AvgIpc) is 1.02. The van der Waals surface area contributed by atoms with Crippen LogP contribution in [0.25, 0.3) is 102 Å². The van der Waals surface area contributed by atoms with Crippen LogP contribution in [0.5, 0.6) is 0 Å². The zero-order chi connectivity index (χ0) is 70.8. The maximum atomic E-state index is 10.4. The number of pyridine rings is 5. The van der Waals surface area contributed by atoms with Gasteiger partial charge in [0.2, 0.25) is 11.8 Å². The van der Waals surface area contributed by atoms with Gasteiger partial charge in [0.15, 0.2) is 5.76 Å². The summed E-state index contributed by atoms with van der Waals surface area (Å²) in [5.74, 6) is 2.66. The molecule has 99 heavy (non-hydrogen) atoms. The minimum atomic E-state index is -2.90. The number of hydrogen-bond acceptors (Lipinski definition) is 25. The SMILES string of the molecule is CNCc1ccc(-c2cc(-c3cc(-c4ccc(S(O)(O)C(C)C)cn4)cnc3N)on2)cc1.CNCc1ccc(-c2nnc(-c3cc(-c4ccc(S(O)(O)C(C)C)cc4)cnc3N)o2)cc1.CNCc1ccc(-c2nnc(-c3cc(-c4ccc(S(O)(O)C(C)C)cn4)cnc3N)o2)cc1.[HH].[HH].[HH].[HH].[HH].[HH].[HH].[HH].[HH]. The van der Waals surface area contributed by atoms with Crippen LogP contribution in [0.1, 0.15) is 71.1 Å². The second kappa shape index (κ2) is 31.4. The number of hydrogen-bond donors (Lipinski definition) is 12. The van der Waals surface area contributed by atoms with Gasteiger partial charge in [-0.1, -0.05) is 65.8 Å². The van der Waals surface area contributed by atoms with Crippen LogP contribution in [-0.4, -0.2) is 115 Å². The second-order valence-corrected chi connectivity index (χ2v) is 31.6. The summed E-state index contributed by atoms with van der Waals surface area (Å²) in [6.07, 6.45) is 7.85. The van der Waals surface area contributed by atoms with Gasteiger partial charge >= 0.3 is 0 Å². The van der Waals surface area contributed by atoms with E-state index in [1.165, 1.54) is 18.0 Å². The molecule has 0 unspecified atom stereocenters. The zero-order valence-electron chi connectivity index (χ0n) is 55.9. The van der Waals surface area contributed by atoms with Gasteiger partial charge in [-0.05, 0) is 164 Å². The van der Waals surface area contributed by atoms with E-state index >= 15 is 0 Å². The largest absolute Gasteiger partial charge is 0.416 e. The Labute approximate surface area is 591 Å². The standard InChI is InChI=1S/2C24H27N5O3S.C23H26N6O3S.9H2/c1-15(2)33(30,31)20-10-8-17(9-11-20)19-12-21(22(25)27-14-19)24-29-28-23(32-24)18-6-4-16(5-7-18)13-26-3;1-15(2)33(30,31)19-8-9-21(27-14-19)18-10-20(24(25)28-13-18)23-11-22(29-32-23)17-6-4-16(5-7-17)12-26-3;1-14(2)33(30,31)18-8-9-20(26-13-18)17-10-19(21(24)27-12-17)23-29-28-22(32-23)16-6-4-15(5-7-16)11-25-3;;;;;;;;;/h4-12,14-15,26,30-31H,13H2,1-3H3,(H2,25,27);4-11,13-15,26,30-31H,12H2,1-3H3,(H2,25,28);4-10,12-14,25,30-31H,11H2,1-3H3,(H2,24,27);9*1H. The summed E-state index contributed by atoms with van der Waals surface area (Å²) in [6.45, 7) is 13.0. The Kier molecular flexibility index (Phi) is 22.8. The fraction of sp³-hybridized carbons (Fsp3) is 0.211. The van der Waals surface area contributed by atoms with E-state index < -0.39 is 31.8 Å². The molecule has 0 atom stereocenters. The highest BCUT2D eigenvalue weighted by molar-refractivity contribution is 8.25. The van der Waals surface area contributed by atoms with Crippen molar-refractivity contribution in [1.29, 1.82) is 0 Å². The van der Waals surface area contributed by atoms with Crippen molar-refractivity contribution in [3.63, 3.8) is 0 Å². The normalized spacial score (nSPS) is 12.3. The molecule has 0 bridgehead atoms. The number of nitrogens with one attached hydrogen (secondary N) is 3. The lowest BCUT2D eigenvalue weighted by Gasteiger charge is -2.36. The lowest BCUT2D eigenvalue weighted by atomic mass is 10.1. The predicted molar refractivity (Wildman–Crippen MR) is 412 cm³/mol. The van der Waals surface area contributed by atoms with Crippen LogP contribution in [0.3, 0.4) is 0 Å². The molecule has 0 fully saturated rings. The first-order valence-electron chi connectivity index (χ1n) is 31.4. The van der Waals surface area contributed by atoms with Gasteiger partial charge in [0.25, 0.3) is 11.8 Å². The number of nitrogens with zero attached hydrogens (tertiary/aromatic N) is 10. The second-order valence-electron chi connectivity index (χ2n) is 23.8. The zero-order valence-corrected chi connectivity index (χ0v) is 58.4. The predicted octanol–water partition coefficient (Wildman–Crippen LogP) is 17.5. The minimum absolute atomic E-state index is 0. The van der Waals surface area contributed by atoms with Crippen LogP contribution < -0.4 is 33.2 Å². The molecule has 0 aliphatic carbocycles. The Hall–Kier alpha value is -9.79. The van der Waals surface area contributed by atoms with Crippen molar-refractivity contribution >= 4 is 49.2 Å². The van der Waals surface area contributed by atoms with Crippen molar-refractivity contribution in [3.8, 4) is 102 Å². The van der Waals surface area contributed by atoms with Gasteiger partial charge in [0.1, 0.15) is 23.1 Å². The van der Waals surface area contributed by atoms with Crippen molar-refractivity contribution in [2.24, 2.45) is 0 Å². The topological polar surface area (TPSA) is 404 Å². The van der Waals surface area contributed by atoms with E-state index in [0.29, 0.717) is 77.4 Å². The van der Waals surface area contributed by atoms with Gasteiger partial charge in [0.05, 0.1) is 55.2 Å². The molecule has 8 heterocycles. The summed E-state index contributed by atoms with van der Waals surface area (Å²) >= 11 is 0. The Morgan fingerprint density at radius 2 is 0.707 bits per heavy atom. The third kappa shape index (κ3) is 16.9. The molecule has 8 aromatic heterocycles. The fourth-order valence-corrected chi connectivity index (χ4v) is 13.0. The molecule has 4 aromatic carbocycles. The van der Waals surface area contributed by atoms with Gasteiger partial charge in [-0.15, -0.1) is 20.4 Å². The van der Waals surface area contributed by atoms with E-state index in [-0.39, 0.29) is 52.0 Å². The third-order valence-corrected chi connectivity index (χ3v) is 22.7. The van der Waals surface area contributed by atoms with Gasteiger partial charge in [-0.3, -0.25) is 37.3 Å². The molecule has 534 valence electrons. The molecule has 0 aliphatic heterocycles. The van der Waals surface area contributed by atoms with E-state index in [9.17, 15) is 27.3 Å². The molecule has 0 saturated heterocycles. The van der Waals surface area contributed by atoms with Crippen molar-refractivity contribution in [2.75, 3.05) is 38.3 Å². The molecule has 0 spiro atoms. The van der Waals surface area contributed by atoms with Crippen molar-refractivity contribution in [3.05, 3.63) is 193 Å². The molecule has 12 aromatic rings. The summed E-state index contributed by atoms with van der Waals surface area (Å²) in [5.41, 5.74) is 31.0. The molecule has 12 rings (SSSR count). The number of nitrogen functional groups attached to an aromatic ring is 3. The maximum Gasteiger partial charge on any atom is 0.251 e. The Bertz CT molecular complexity index is 4230. The van der Waals surface area contributed by atoms with Gasteiger partial charge in [-0.2, -0.15) is 31.8 Å². The number of rotatable bonds is 21. The monoisotopic (exact) mass is 1410 g/mol. The van der Waals surface area contributed by atoms with E-state index in [1.807, 2.05) is 124 Å². The van der Waals surface area contributed by atoms with E-state index in [2.05, 4.69) is 66.4 Å². The molecule has 28 heteroatoms. The van der Waals surface area contributed by atoms with Gasteiger partial charge < -0.3 is 46.5 Å². The lowest BCUT2D eigenvalue weighted by molar-refractivity contribution is 0.435. The number of benzene rings is 4. The molecule has 25 nitrogen and oxygen atoms in total. The lowest BCUT2D eigenvalue weighted by Crippen LogP contribution is -2.10. The summed E-state index contributed by atoms with van der Waals surface area (Å²) in [6, 6.07) is 45.0. The maximum absolute atomic E-state index is 10.4. The summed E-state index contributed by atoms with van der Waals surface area (Å²) in [5, 5.41) is 29.3. The van der Waals surface area contributed by atoms with Crippen LogP contribution in [0.2, 0.25) is 0 Å². The molecule has 0 aliphatic rings. The molecule has 0 saturated carbocycles. The van der Waals surface area contributed by atoms with E-state index in [0.717, 1.165) is 64.1 Å². The first-order valence-corrected chi connectivity index (χ1v) is 36.2. The molecule has 0 radical (unpaired) electrons. The highest BCUT2D eigenvalue weighted by Crippen LogP contribution is 2.54. The molecular weight excluding hydrogens is 1320 g/mol. The van der Waals surface area contributed by atoms with Crippen LogP contribution in [0, 0.1) is 0 Å². The van der Waals surface area contributed by atoms with E-state index in [1.54, 1.807) is 103 Å². The first kappa shape index (κ1) is 72.0. The number of anilines is 3. The highest BCUT2D eigenvalue weighted by atomic mass is 32.3. The Morgan fingerprint density at radius 1 is 0.364 bits per heavy atom. The van der Waals surface area contributed by atoms with Gasteiger partial charge in [-0.25, -0.2) is 15.0 Å². The fourth-order valence-electron chi connectivity index (χ4n) is 9.90. The Balaban J connectivity index is 0.000000778. The summed E-state index contributed by atoms with van der Waals surface area (Å²) in [7, 11) is -2.91. The van der Waals surface area contributed by atoms with Crippen molar-refractivity contribution in [2.45, 2.75) is 91.6 Å². The molecule has 0 amide bonds. The summed E-state index contributed by atoms with van der Waals surface area (Å²) in [4.78, 5) is 22.9. The smallest absolute Gasteiger partial charge is 0.251 e. The minimum Gasteiger partial charge on any atom is -0.416 e. The van der Waals surface area contributed by atoms with Crippen molar-refractivity contribution < 1.29 is 53.5 Å². The number of aromatic nitrogens is 10. The number of nitrogens with two attached hydrogens (primary N) is 3. The molecule has 15 N–H and O–H groups in total. The van der Waals surface area contributed by atoms with Crippen LogP contribution in [0.4, 0.5) is 17.5 Å². The van der Waals surface area contributed by atoms with Gasteiger partial charge in [0, 0.05) is 106 Å². The third-order valence-electron chi connectivity index (χ3n) is 15.9. The quantitative estimate of drug-likeness (QED) is 0.0318.